The highest BCUT2D eigenvalue weighted by atomic mass is 35.5. The summed E-state index contributed by atoms with van der Waals surface area (Å²) in [6.45, 7) is 3.36. The van der Waals surface area contributed by atoms with Gasteiger partial charge in [0.05, 0.1) is 0 Å². The summed E-state index contributed by atoms with van der Waals surface area (Å²) in [5.74, 6) is 0.607. The number of hydrogen-bond acceptors (Lipinski definition) is 3. The lowest BCUT2D eigenvalue weighted by atomic mass is 10.0. The van der Waals surface area contributed by atoms with Gasteiger partial charge < -0.3 is 15.5 Å². The minimum absolute atomic E-state index is 0. The van der Waals surface area contributed by atoms with Gasteiger partial charge in [0, 0.05) is 49.3 Å². The van der Waals surface area contributed by atoms with Crippen molar-refractivity contribution in [2.45, 2.75) is 44.2 Å². The molecule has 6 heteroatoms. The van der Waals surface area contributed by atoms with Crippen LogP contribution in [-0.2, 0) is 4.79 Å². The van der Waals surface area contributed by atoms with Crippen molar-refractivity contribution in [2.75, 3.05) is 18.4 Å². The second-order valence-corrected chi connectivity index (χ2v) is 9.42. The van der Waals surface area contributed by atoms with E-state index in [-0.39, 0.29) is 24.2 Å². The number of likely N-dealkylation sites (tertiary alicyclic amines) is 1. The second-order valence-electron chi connectivity index (χ2n) is 9.42. The summed E-state index contributed by atoms with van der Waals surface area (Å²) in [6.07, 6.45) is 3.20. The monoisotopic (exact) mass is 489 g/mol. The molecule has 1 saturated carbocycles. The van der Waals surface area contributed by atoms with Gasteiger partial charge in [0.1, 0.15) is 0 Å². The molecule has 2 unspecified atom stereocenters. The molecule has 2 aliphatic rings. The average Bonchev–Trinajstić information content (AvgIpc) is 3.64. The van der Waals surface area contributed by atoms with Gasteiger partial charge in [0.2, 0.25) is 5.91 Å². The number of rotatable bonds is 6. The summed E-state index contributed by atoms with van der Waals surface area (Å²) < 4.78 is 0. The lowest BCUT2D eigenvalue weighted by Gasteiger charge is -2.32. The van der Waals surface area contributed by atoms with Gasteiger partial charge in [-0.15, -0.1) is 12.4 Å². The third-order valence-corrected chi connectivity index (χ3v) is 7.03. The van der Waals surface area contributed by atoms with Crippen LogP contribution in [0, 0.1) is 0 Å². The van der Waals surface area contributed by atoms with E-state index in [0.717, 1.165) is 49.2 Å². The average molecular weight is 490 g/mol. The minimum atomic E-state index is -0.102. The summed E-state index contributed by atoms with van der Waals surface area (Å²) in [4.78, 5) is 26.1. The molecule has 1 aliphatic carbocycles. The Kier molecular flexibility index (Phi) is 7.89. The number of piperidine rings is 1. The largest absolute Gasteiger partial charge is 0.343 e. The van der Waals surface area contributed by atoms with Crippen LogP contribution in [0.25, 0.3) is 11.1 Å². The quantitative estimate of drug-likeness (QED) is 0.481. The number of hydrogen-bond donors (Lipinski definition) is 2. The molecule has 0 spiro atoms. The third-order valence-electron chi connectivity index (χ3n) is 7.03. The molecular weight excluding hydrogens is 458 g/mol. The SMILES string of the molecule is CC(=O)N1CCC(NC2CC2c2ccc(NC(=O)c3ccc(-c4ccccc4)cc3)cc2)CC1.Cl. The molecular formula is C29H32ClN3O2. The number of carbonyl (C=O) groups is 2. The number of amides is 2. The minimum Gasteiger partial charge on any atom is -0.343 e. The maximum atomic E-state index is 12.7. The first kappa shape index (κ1) is 25.0. The molecule has 1 heterocycles. The maximum absolute atomic E-state index is 12.7. The summed E-state index contributed by atoms with van der Waals surface area (Å²) in [6, 6.07) is 27.1. The highest BCUT2D eigenvalue weighted by Gasteiger charge is 2.39. The lowest BCUT2D eigenvalue weighted by molar-refractivity contribution is -0.129. The van der Waals surface area contributed by atoms with Gasteiger partial charge in [0.15, 0.2) is 0 Å². The van der Waals surface area contributed by atoms with Crippen LogP contribution in [0.4, 0.5) is 5.69 Å². The highest BCUT2D eigenvalue weighted by Crippen LogP contribution is 2.41. The Balaban J connectivity index is 0.00000289. The molecule has 0 aromatic heterocycles. The van der Waals surface area contributed by atoms with Crippen molar-refractivity contribution in [1.82, 2.24) is 10.2 Å². The zero-order chi connectivity index (χ0) is 23.5. The van der Waals surface area contributed by atoms with E-state index >= 15 is 0 Å². The van der Waals surface area contributed by atoms with Crippen molar-refractivity contribution in [3.63, 3.8) is 0 Å². The number of nitrogens with zero attached hydrogens (tertiary/aromatic N) is 1. The number of benzene rings is 3. The van der Waals surface area contributed by atoms with Crippen molar-refractivity contribution in [2.24, 2.45) is 0 Å². The predicted molar refractivity (Wildman–Crippen MR) is 143 cm³/mol. The van der Waals surface area contributed by atoms with Gasteiger partial charge in [-0.1, -0.05) is 54.6 Å². The zero-order valence-electron chi connectivity index (χ0n) is 19.9. The van der Waals surface area contributed by atoms with Gasteiger partial charge in [-0.3, -0.25) is 9.59 Å². The van der Waals surface area contributed by atoms with Crippen LogP contribution in [0.3, 0.4) is 0 Å². The Bertz CT molecular complexity index is 1140. The molecule has 3 aromatic carbocycles. The molecule has 3 aromatic rings. The summed E-state index contributed by atoms with van der Waals surface area (Å²) >= 11 is 0. The molecule has 182 valence electrons. The first-order valence-corrected chi connectivity index (χ1v) is 12.2. The standard InChI is InChI=1S/C29H31N3O2.ClH/c1-20(33)32-17-15-26(16-18-32)30-28-19-27(28)23-11-13-25(14-12-23)31-29(34)24-9-7-22(8-10-24)21-5-3-2-4-6-21;/h2-14,26-28,30H,15-19H2,1H3,(H,31,34);1H. The number of halogens is 1. The summed E-state index contributed by atoms with van der Waals surface area (Å²) in [7, 11) is 0. The Morgan fingerprint density at radius 3 is 2.09 bits per heavy atom. The van der Waals surface area contributed by atoms with Gasteiger partial charge >= 0.3 is 0 Å². The van der Waals surface area contributed by atoms with Crippen molar-refractivity contribution >= 4 is 29.9 Å². The van der Waals surface area contributed by atoms with Crippen LogP contribution >= 0.6 is 12.4 Å². The fraction of sp³-hybridized carbons (Fsp3) is 0.310. The van der Waals surface area contributed by atoms with E-state index < -0.39 is 0 Å². The highest BCUT2D eigenvalue weighted by molar-refractivity contribution is 6.04. The van der Waals surface area contributed by atoms with E-state index in [9.17, 15) is 9.59 Å². The van der Waals surface area contributed by atoms with E-state index in [2.05, 4.69) is 34.9 Å². The Morgan fingerprint density at radius 2 is 1.46 bits per heavy atom. The topological polar surface area (TPSA) is 61.4 Å². The van der Waals surface area contributed by atoms with E-state index in [4.69, 9.17) is 0 Å². The first-order chi connectivity index (χ1) is 16.6. The number of carbonyl (C=O) groups excluding carboxylic acids is 2. The Labute approximate surface area is 213 Å². The molecule has 1 saturated heterocycles. The second kappa shape index (κ2) is 11.1. The molecule has 2 N–H and O–H groups in total. The number of anilines is 1. The Hall–Kier alpha value is -3.15. The molecule has 35 heavy (non-hydrogen) atoms. The number of nitrogens with one attached hydrogen (secondary N) is 2. The molecule has 2 amide bonds. The van der Waals surface area contributed by atoms with Crippen LogP contribution in [0.2, 0.25) is 0 Å². The van der Waals surface area contributed by atoms with Crippen LogP contribution in [0.5, 0.6) is 0 Å². The van der Waals surface area contributed by atoms with Crippen LogP contribution in [0.15, 0.2) is 78.9 Å². The van der Waals surface area contributed by atoms with Crippen molar-refractivity contribution in [3.8, 4) is 11.1 Å². The maximum Gasteiger partial charge on any atom is 0.255 e. The summed E-state index contributed by atoms with van der Waals surface area (Å²) in [5.41, 5.74) is 5.00. The van der Waals surface area contributed by atoms with E-state index in [1.807, 2.05) is 59.5 Å². The molecule has 5 rings (SSSR count). The van der Waals surface area contributed by atoms with Gasteiger partial charge in [-0.05, 0) is 60.2 Å². The zero-order valence-corrected chi connectivity index (χ0v) is 20.8. The molecule has 5 nitrogen and oxygen atoms in total. The fourth-order valence-corrected chi connectivity index (χ4v) is 4.87. The first-order valence-electron chi connectivity index (χ1n) is 12.2. The van der Waals surface area contributed by atoms with Crippen molar-refractivity contribution < 1.29 is 9.59 Å². The normalized spacial score (nSPS) is 19.5. The summed E-state index contributed by atoms with van der Waals surface area (Å²) in [5, 5.41) is 6.79. The van der Waals surface area contributed by atoms with E-state index in [1.165, 1.54) is 5.56 Å². The van der Waals surface area contributed by atoms with Gasteiger partial charge in [-0.2, -0.15) is 0 Å². The van der Waals surface area contributed by atoms with Gasteiger partial charge in [0.25, 0.3) is 5.91 Å². The Morgan fingerprint density at radius 1 is 0.829 bits per heavy atom. The van der Waals surface area contributed by atoms with Crippen molar-refractivity contribution in [1.29, 1.82) is 0 Å². The molecule has 2 atom stereocenters. The molecule has 0 radical (unpaired) electrons. The van der Waals surface area contributed by atoms with Gasteiger partial charge in [-0.25, -0.2) is 0 Å². The van der Waals surface area contributed by atoms with Crippen molar-refractivity contribution in [3.05, 3.63) is 90.0 Å². The predicted octanol–water partition coefficient (Wildman–Crippen LogP) is 5.48. The van der Waals surface area contributed by atoms with E-state index in [0.29, 0.717) is 23.6 Å². The van der Waals surface area contributed by atoms with E-state index in [1.54, 1.807) is 6.92 Å². The lowest BCUT2D eigenvalue weighted by Crippen LogP contribution is -2.45. The molecule has 1 aliphatic heterocycles. The molecule has 2 fully saturated rings. The van der Waals surface area contributed by atoms with Crippen LogP contribution < -0.4 is 10.6 Å². The van der Waals surface area contributed by atoms with Crippen LogP contribution in [0.1, 0.15) is 48.0 Å². The smallest absolute Gasteiger partial charge is 0.255 e. The molecule has 0 bridgehead atoms. The fourth-order valence-electron chi connectivity index (χ4n) is 4.87. The third kappa shape index (κ3) is 6.11. The van der Waals surface area contributed by atoms with Crippen LogP contribution in [-0.4, -0.2) is 41.9 Å².